The molecule has 104 valence electrons. The van der Waals surface area contributed by atoms with Crippen LogP contribution in [0.1, 0.15) is 16.1 Å². The van der Waals surface area contributed by atoms with Crippen molar-refractivity contribution in [3.05, 3.63) is 47.9 Å². The lowest BCUT2D eigenvalue weighted by Gasteiger charge is -2.16. The largest absolute Gasteiger partial charge is 0.361 e. The fourth-order valence-corrected chi connectivity index (χ4v) is 1.78. The number of carbonyl (C=O) groups excluding carboxylic acids is 1. The van der Waals surface area contributed by atoms with Gasteiger partial charge < -0.3 is 16.0 Å². The summed E-state index contributed by atoms with van der Waals surface area (Å²) < 4.78 is 0. The average Bonchev–Trinajstić information content (AvgIpc) is 2.47. The van der Waals surface area contributed by atoms with Crippen LogP contribution in [0, 0.1) is 0 Å². The Hall–Kier alpha value is -2.47. The maximum Gasteiger partial charge on any atom is 0.255 e. The van der Waals surface area contributed by atoms with Gasteiger partial charge in [-0.1, -0.05) is 0 Å². The van der Waals surface area contributed by atoms with E-state index in [9.17, 15) is 4.79 Å². The van der Waals surface area contributed by atoms with Gasteiger partial charge >= 0.3 is 0 Å². The predicted octanol–water partition coefficient (Wildman–Crippen LogP) is 1.25. The topological polar surface area (TPSA) is 84.1 Å². The molecule has 0 aromatic carbocycles. The minimum Gasteiger partial charge on any atom is -0.361 e. The van der Waals surface area contributed by atoms with Crippen molar-refractivity contribution >= 4 is 17.4 Å². The zero-order valence-electron chi connectivity index (χ0n) is 11.5. The van der Waals surface area contributed by atoms with Crippen LogP contribution in [0.25, 0.3) is 0 Å². The van der Waals surface area contributed by atoms with Crippen molar-refractivity contribution in [1.29, 1.82) is 0 Å². The summed E-state index contributed by atoms with van der Waals surface area (Å²) >= 11 is 0. The first-order valence-corrected chi connectivity index (χ1v) is 6.20. The molecular weight excluding hydrogens is 254 g/mol. The molecule has 0 radical (unpaired) electrons. The normalized spacial score (nSPS) is 10.2. The Morgan fingerprint density at radius 3 is 2.80 bits per heavy atom. The molecule has 6 heteroatoms. The molecule has 0 bridgehead atoms. The third kappa shape index (κ3) is 3.10. The summed E-state index contributed by atoms with van der Waals surface area (Å²) in [7, 11) is 3.74. The van der Waals surface area contributed by atoms with Crippen LogP contribution < -0.4 is 16.0 Å². The fraction of sp³-hybridized carbons (Fsp3) is 0.214. The number of rotatable bonds is 4. The summed E-state index contributed by atoms with van der Waals surface area (Å²) in [6, 6.07) is 6.92. The molecule has 0 atom stereocenters. The fourth-order valence-electron chi connectivity index (χ4n) is 1.78. The molecule has 0 unspecified atom stereocenters. The molecule has 20 heavy (non-hydrogen) atoms. The predicted molar refractivity (Wildman–Crippen MR) is 78.6 cm³/mol. The number of nitrogens with zero attached hydrogens (tertiary/aromatic N) is 3. The number of carbonyl (C=O) groups is 1. The van der Waals surface area contributed by atoms with Gasteiger partial charge in [0.15, 0.2) is 5.82 Å². The van der Waals surface area contributed by atoms with Crippen LogP contribution in [0.4, 0.5) is 11.5 Å². The number of pyridine rings is 2. The molecule has 2 heterocycles. The van der Waals surface area contributed by atoms with Crippen LogP contribution in [0.2, 0.25) is 0 Å². The summed E-state index contributed by atoms with van der Waals surface area (Å²) in [5, 5.41) is 2.85. The van der Waals surface area contributed by atoms with Gasteiger partial charge in [0.1, 0.15) is 0 Å². The lowest BCUT2D eigenvalue weighted by molar-refractivity contribution is 0.102. The second kappa shape index (κ2) is 6.12. The van der Waals surface area contributed by atoms with Crippen molar-refractivity contribution < 1.29 is 4.79 Å². The standard InChI is InChI=1S/C14H17N5O/c1-19(2)13-12(4-3-6-17-13)18-14(20)10-5-7-16-11(8-10)9-15/h3-8H,9,15H2,1-2H3,(H,18,20). The smallest absolute Gasteiger partial charge is 0.255 e. The van der Waals surface area contributed by atoms with E-state index in [4.69, 9.17) is 5.73 Å². The minimum absolute atomic E-state index is 0.210. The van der Waals surface area contributed by atoms with Crippen molar-refractivity contribution in [3.8, 4) is 0 Å². The molecule has 0 saturated heterocycles. The van der Waals surface area contributed by atoms with Gasteiger partial charge in [-0.3, -0.25) is 9.78 Å². The lowest BCUT2D eigenvalue weighted by atomic mass is 10.2. The highest BCUT2D eigenvalue weighted by Gasteiger charge is 2.11. The maximum absolute atomic E-state index is 12.2. The second-order valence-corrected chi connectivity index (χ2v) is 4.46. The Morgan fingerprint density at radius 2 is 2.10 bits per heavy atom. The van der Waals surface area contributed by atoms with Gasteiger partial charge in [0.2, 0.25) is 0 Å². The first-order valence-electron chi connectivity index (χ1n) is 6.20. The summed E-state index contributed by atoms with van der Waals surface area (Å²) in [6.45, 7) is 0.303. The number of nitrogens with two attached hydrogens (primary N) is 1. The summed E-state index contributed by atoms with van der Waals surface area (Å²) in [5.74, 6) is 0.493. The van der Waals surface area contributed by atoms with Gasteiger partial charge in [-0.25, -0.2) is 4.98 Å². The first-order chi connectivity index (χ1) is 9.61. The third-order valence-corrected chi connectivity index (χ3v) is 2.75. The zero-order chi connectivity index (χ0) is 14.5. The first kappa shape index (κ1) is 14.0. The molecule has 2 rings (SSSR count). The Bertz CT molecular complexity index is 612. The van der Waals surface area contributed by atoms with E-state index >= 15 is 0 Å². The average molecular weight is 271 g/mol. The molecule has 0 fully saturated rings. The third-order valence-electron chi connectivity index (χ3n) is 2.75. The van der Waals surface area contributed by atoms with E-state index in [0.717, 1.165) is 0 Å². The van der Waals surface area contributed by atoms with Crippen molar-refractivity contribution in [2.24, 2.45) is 5.73 Å². The second-order valence-electron chi connectivity index (χ2n) is 4.46. The zero-order valence-corrected chi connectivity index (χ0v) is 11.5. The lowest BCUT2D eigenvalue weighted by Crippen LogP contribution is -2.18. The van der Waals surface area contributed by atoms with Crippen molar-refractivity contribution in [1.82, 2.24) is 9.97 Å². The number of hydrogen-bond acceptors (Lipinski definition) is 5. The van der Waals surface area contributed by atoms with E-state index in [-0.39, 0.29) is 5.91 Å². The molecule has 0 aliphatic carbocycles. The van der Waals surface area contributed by atoms with Gasteiger partial charge in [-0.2, -0.15) is 0 Å². The highest BCUT2D eigenvalue weighted by molar-refractivity contribution is 6.05. The summed E-state index contributed by atoms with van der Waals surface area (Å²) in [5.41, 5.74) is 7.38. The monoisotopic (exact) mass is 271 g/mol. The molecule has 0 saturated carbocycles. The highest BCUT2D eigenvalue weighted by atomic mass is 16.1. The van der Waals surface area contributed by atoms with Crippen molar-refractivity contribution in [2.45, 2.75) is 6.54 Å². The highest BCUT2D eigenvalue weighted by Crippen LogP contribution is 2.21. The van der Waals surface area contributed by atoms with Crippen molar-refractivity contribution in [2.75, 3.05) is 24.3 Å². The Kier molecular flexibility index (Phi) is 4.27. The summed E-state index contributed by atoms with van der Waals surface area (Å²) in [6.07, 6.45) is 3.26. The van der Waals surface area contributed by atoms with Gasteiger partial charge in [-0.15, -0.1) is 0 Å². The maximum atomic E-state index is 12.2. The van der Waals surface area contributed by atoms with E-state index in [0.29, 0.717) is 29.3 Å². The van der Waals surface area contributed by atoms with Crippen LogP contribution in [0.5, 0.6) is 0 Å². The van der Waals surface area contributed by atoms with Crippen LogP contribution in [0.15, 0.2) is 36.7 Å². The number of nitrogens with one attached hydrogen (secondary N) is 1. The Labute approximate surface area is 117 Å². The Balaban J connectivity index is 2.23. The van der Waals surface area contributed by atoms with Crippen LogP contribution in [-0.4, -0.2) is 30.0 Å². The van der Waals surface area contributed by atoms with Gasteiger partial charge in [0, 0.05) is 38.6 Å². The van der Waals surface area contributed by atoms with E-state index in [1.807, 2.05) is 25.1 Å². The van der Waals surface area contributed by atoms with E-state index in [2.05, 4.69) is 15.3 Å². The molecule has 2 aromatic heterocycles. The molecule has 0 aliphatic rings. The van der Waals surface area contributed by atoms with Gasteiger partial charge in [0.05, 0.1) is 11.4 Å². The number of hydrogen-bond donors (Lipinski definition) is 2. The van der Waals surface area contributed by atoms with E-state index in [1.165, 1.54) is 0 Å². The molecular formula is C14H17N5O. The molecule has 3 N–H and O–H groups in total. The van der Waals surface area contributed by atoms with Crippen LogP contribution in [0.3, 0.4) is 0 Å². The number of aromatic nitrogens is 2. The van der Waals surface area contributed by atoms with Crippen LogP contribution in [-0.2, 0) is 6.54 Å². The molecule has 2 aromatic rings. The van der Waals surface area contributed by atoms with Gasteiger partial charge in [-0.05, 0) is 24.3 Å². The number of anilines is 2. The molecule has 6 nitrogen and oxygen atoms in total. The Morgan fingerprint density at radius 1 is 1.30 bits per heavy atom. The minimum atomic E-state index is -0.210. The molecule has 0 aliphatic heterocycles. The quantitative estimate of drug-likeness (QED) is 0.874. The summed E-state index contributed by atoms with van der Waals surface area (Å²) in [4.78, 5) is 22.4. The van der Waals surface area contributed by atoms with E-state index < -0.39 is 0 Å². The van der Waals surface area contributed by atoms with Gasteiger partial charge in [0.25, 0.3) is 5.91 Å². The SMILES string of the molecule is CN(C)c1ncccc1NC(=O)c1ccnc(CN)c1. The number of amides is 1. The van der Waals surface area contributed by atoms with Crippen LogP contribution >= 0.6 is 0 Å². The molecule has 1 amide bonds. The van der Waals surface area contributed by atoms with E-state index in [1.54, 1.807) is 30.6 Å². The molecule has 0 spiro atoms. The van der Waals surface area contributed by atoms with Crippen molar-refractivity contribution in [3.63, 3.8) is 0 Å².